The quantitative estimate of drug-likeness (QED) is 0.647. The van der Waals surface area contributed by atoms with E-state index in [2.05, 4.69) is 29.3 Å². The molecule has 0 atom stereocenters. The molecule has 2 amide bonds. The summed E-state index contributed by atoms with van der Waals surface area (Å²) in [5.41, 5.74) is 1.81. The summed E-state index contributed by atoms with van der Waals surface area (Å²) in [6.45, 7) is 6.76. The van der Waals surface area contributed by atoms with Gasteiger partial charge in [0.1, 0.15) is 5.75 Å². The highest BCUT2D eigenvalue weighted by Crippen LogP contribution is 2.13. The van der Waals surface area contributed by atoms with Crippen molar-refractivity contribution in [3.63, 3.8) is 0 Å². The van der Waals surface area contributed by atoms with Crippen molar-refractivity contribution >= 4 is 11.8 Å². The lowest BCUT2D eigenvalue weighted by molar-refractivity contribution is -0.131. The van der Waals surface area contributed by atoms with E-state index in [1.807, 2.05) is 23.1 Å². The number of piperazine rings is 1. The summed E-state index contributed by atoms with van der Waals surface area (Å²) in [6.07, 6.45) is 2.08. The number of hydrogen-bond donors (Lipinski definition) is 1. The van der Waals surface area contributed by atoms with E-state index in [1.54, 1.807) is 24.3 Å². The first-order valence-electron chi connectivity index (χ1n) is 10.7. The molecule has 0 aliphatic carbocycles. The molecule has 1 aliphatic heterocycles. The minimum Gasteiger partial charge on any atom is -0.494 e. The Labute approximate surface area is 178 Å². The number of carbonyl (C=O) groups is 2. The van der Waals surface area contributed by atoms with Gasteiger partial charge in [0.2, 0.25) is 5.91 Å². The number of carbonyl (C=O) groups excluding carboxylic acids is 2. The molecule has 30 heavy (non-hydrogen) atoms. The Morgan fingerprint density at radius 2 is 1.67 bits per heavy atom. The highest BCUT2D eigenvalue weighted by Gasteiger charge is 2.21. The van der Waals surface area contributed by atoms with Gasteiger partial charge in [-0.05, 0) is 36.2 Å². The standard InChI is InChI=1S/C24H31N3O3/c1-2-3-17-30-22-11-9-21(10-12-22)24(29)25-18-23(28)27-15-13-26(14-16-27)19-20-7-5-4-6-8-20/h4-12H,2-3,13-19H2,1H3,(H,25,29). The van der Waals surface area contributed by atoms with E-state index in [0.29, 0.717) is 25.3 Å². The van der Waals surface area contributed by atoms with Crippen molar-refractivity contribution in [2.75, 3.05) is 39.3 Å². The van der Waals surface area contributed by atoms with Crippen LogP contribution in [0.4, 0.5) is 0 Å². The van der Waals surface area contributed by atoms with Crippen LogP contribution in [0.2, 0.25) is 0 Å². The summed E-state index contributed by atoms with van der Waals surface area (Å²) in [5, 5.41) is 2.73. The molecule has 1 aliphatic rings. The summed E-state index contributed by atoms with van der Waals surface area (Å²) in [6, 6.07) is 17.4. The molecule has 3 rings (SSSR count). The van der Waals surface area contributed by atoms with Crippen LogP contribution in [0.5, 0.6) is 5.75 Å². The van der Waals surface area contributed by atoms with Crippen molar-refractivity contribution in [3.8, 4) is 5.75 Å². The molecule has 1 heterocycles. The van der Waals surface area contributed by atoms with Gasteiger partial charge in [0.25, 0.3) is 5.91 Å². The average Bonchev–Trinajstić information content (AvgIpc) is 2.79. The number of nitrogens with zero attached hydrogens (tertiary/aromatic N) is 2. The molecule has 6 heteroatoms. The molecule has 0 saturated carbocycles. The number of unbranched alkanes of at least 4 members (excludes halogenated alkanes) is 1. The van der Waals surface area contributed by atoms with Crippen molar-refractivity contribution in [3.05, 3.63) is 65.7 Å². The smallest absolute Gasteiger partial charge is 0.251 e. The number of amides is 2. The van der Waals surface area contributed by atoms with Crippen LogP contribution in [0, 0.1) is 0 Å². The van der Waals surface area contributed by atoms with E-state index < -0.39 is 0 Å². The third-order valence-corrected chi connectivity index (χ3v) is 5.26. The van der Waals surface area contributed by atoms with E-state index in [1.165, 1.54) is 5.56 Å². The number of rotatable bonds is 9. The Kier molecular flexibility index (Phi) is 8.27. The lowest BCUT2D eigenvalue weighted by Gasteiger charge is -2.34. The second-order valence-corrected chi connectivity index (χ2v) is 7.55. The number of ether oxygens (including phenoxy) is 1. The maximum Gasteiger partial charge on any atom is 0.251 e. The zero-order chi connectivity index (χ0) is 21.2. The number of hydrogen-bond acceptors (Lipinski definition) is 4. The predicted octanol–water partition coefficient (Wildman–Crippen LogP) is 2.94. The van der Waals surface area contributed by atoms with Gasteiger partial charge >= 0.3 is 0 Å². The summed E-state index contributed by atoms with van der Waals surface area (Å²) >= 11 is 0. The minimum absolute atomic E-state index is 0.0201. The predicted molar refractivity (Wildman–Crippen MR) is 117 cm³/mol. The molecule has 160 valence electrons. The summed E-state index contributed by atoms with van der Waals surface area (Å²) < 4.78 is 5.61. The molecule has 0 spiro atoms. The molecule has 6 nitrogen and oxygen atoms in total. The molecule has 0 radical (unpaired) electrons. The Bertz CT molecular complexity index is 800. The fourth-order valence-corrected chi connectivity index (χ4v) is 3.40. The largest absolute Gasteiger partial charge is 0.494 e. The lowest BCUT2D eigenvalue weighted by Crippen LogP contribution is -2.50. The molecule has 2 aromatic carbocycles. The zero-order valence-corrected chi connectivity index (χ0v) is 17.7. The van der Waals surface area contributed by atoms with E-state index in [-0.39, 0.29) is 18.4 Å². The van der Waals surface area contributed by atoms with Gasteiger partial charge in [0.05, 0.1) is 13.2 Å². The van der Waals surface area contributed by atoms with Gasteiger partial charge in [-0.3, -0.25) is 14.5 Å². The Hall–Kier alpha value is -2.86. The molecular weight excluding hydrogens is 378 g/mol. The third-order valence-electron chi connectivity index (χ3n) is 5.26. The number of benzene rings is 2. The van der Waals surface area contributed by atoms with Crippen LogP contribution in [0.3, 0.4) is 0 Å². The first kappa shape index (κ1) is 21.8. The highest BCUT2D eigenvalue weighted by atomic mass is 16.5. The van der Waals surface area contributed by atoms with Gasteiger partial charge in [0.15, 0.2) is 0 Å². The molecule has 1 N–H and O–H groups in total. The van der Waals surface area contributed by atoms with Gasteiger partial charge in [0, 0.05) is 38.3 Å². The topological polar surface area (TPSA) is 61.9 Å². The van der Waals surface area contributed by atoms with E-state index in [4.69, 9.17) is 4.74 Å². The van der Waals surface area contributed by atoms with Crippen LogP contribution in [0.25, 0.3) is 0 Å². The van der Waals surface area contributed by atoms with Crippen molar-refractivity contribution in [2.45, 2.75) is 26.3 Å². The van der Waals surface area contributed by atoms with Crippen molar-refractivity contribution < 1.29 is 14.3 Å². The van der Waals surface area contributed by atoms with Crippen molar-refractivity contribution in [1.29, 1.82) is 0 Å². The first-order chi connectivity index (χ1) is 14.7. The zero-order valence-electron chi connectivity index (χ0n) is 17.7. The fourth-order valence-electron chi connectivity index (χ4n) is 3.40. The third kappa shape index (κ3) is 6.59. The fraction of sp³-hybridized carbons (Fsp3) is 0.417. The average molecular weight is 410 g/mol. The Morgan fingerprint density at radius 3 is 2.33 bits per heavy atom. The molecule has 0 aromatic heterocycles. The first-order valence-corrected chi connectivity index (χ1v) is 10.7. The van der Waals surface area contributed by atoms with Crippen LogP contribution in [-0.2, 0) is 11.3 Å². The molecule has 0 bridgehead atoms. The molecule has 2 aromatic rings. The maximum absolute atomic E-state index is 12.5. The highest BCUT2D eigenvalue weighted by molar-refractivity contribution is 5.96. The second kappa shape index (κ2) is 11.4. The van der Waals surface area contributed by atoms with Gasteiger partial charge < -0.3 is 15.0 Å². The van der Waals surface area contributed by atoms with Gasteiger partial charge in [-0.25, -0.2) is 0 Å². The van der Waals surface area contributed by atoms with Crippen LogP contribution >= 0.6 is 0 Å². The van der Waals surface area contributed by atoms with E-state index in [0.717, 1.165) is 38.2 Å². The minimum atomic E-state index is -0.244. The summed E-state index contributed by atoms with van der Waals surface area (Å²) in [5.74, 6) is 0.470. The van der Waals surface area contributed by atoms with Gasteiger partial charge in [-0.1, -0.05) is 43.7 Å². The van der Waals surface area contributed by atoms with Crippen LogP contribution < -0.4 is 10.1 Å². The molecule has 0 unspecified atom stereocenters. The molecule has 1 saturated heterocycles. The molecule has 1 fully saturated rings. The van der Waals surface area contributed by atoms with Crippen molar-refractivity contribution in [2.24, 2.45) is 0 Å². The molecular formula is C24H31N3O3. The van der Waals surface area contributed by atoms with Crippen LogP contribution in [0.15, 0.2) is 54.6 Å². The van der Waals surface area contributed by atoms with Crippen LogP contribution in [-0.4, -0.2) is 60.9 Å². The second-order valence-electron chi connectivity index (χ2n) is 7.55. The van der Waals surface area contributed by atoms with Gasteiger partial charge in [-0.2, -0.15) is 0 Å². The maximum atomic E-state index is 12.5. The lowest BCUT2D eigenvalue weighted by atomic mass is 10.2. The SMILES string of the molecule is CCCCOc1ccc(C(=O)NCC(=O)N2CCN(Cc3ccccc3)CC2)cc1. The van der Waals surface area contributed by atoms with E-state index >= 15 is 0 Å². The van der Waals surface area contributed by atoms with E-state index in [9.17, 15) is 9.59 Å². The summed E-state index contributed by atoms with van der Waals surface area (Å²) in [4.78, 5) is 29.0. The van der Waals surface area contributed by atoms with Crippen LogP contribution in [0.1, 0.15) is 35.7 Å². The Balaban J connectivity index is 1.38. The number of nitrogens with one attached hydrogen (secondary N) is 1. The van der Waals surface area contributed by atoms with Gasteiger partial charge in [-0.15, -0.1) is 0 Å². The Morgan fingerprint density at radius 1 is 0.967 bits per heavy atom. The summed E-state index contributed by atoms with van der Waals surface area (Å²) in [7, 11) is 0. The monoisotopic (exact) mass is 409 g/mol. The normalized spacial score (nSPS) is 14.4. The van der Waals surface area contributed by atoms with Crippen molar-refractivity contribution in [1.82, 2.24) is 15.1 Å².